The summed E-state index contributed by atoms with van der Waals surface area (Å²) < 4.78 is 20.0. The number of nitrogens with one attached hydrogen (secondary N) is 1. The Morgan fingerprint density at radius 2 is 2.00 bits per heavy atom. The fourth-order valence-electron chi connectivity index (χ4n) is 2.25. The normalized spacial score (nSPS) is 11.8. The molecule has 1 N–H and O–H groups in total. The van der Waals surface area contributed by atoms with Gasteiger partial charge in [-0.15, -0.1) is 10.2 Å². The first-order valence-electron chi connectivity index (χ1n) is 8.48. The molecule has 3 rings (SSSR count). The van der Waals surface area contributed by atoms with E-state index in [0.29, 0.717) is 22.3 Å². The van der Waals surface area contributed by atoms with Gasteiger partial charge in [0.15, 0.2) is 22.0 Å². The number of hydrogen-bond acceptors (Lipinski definition) is 6. The van der Waals surface area contributed by atoms with Crippen molar-refractivity contribution >= 4 is 45.7 Å². The lowest BCUT2D eigenvalue weighted by Gasteiger charge is -2.16. The molecule has 1 atom stereocenters. The Morgan fingerprint density at radius 1 is 1.25 bits per heavy atom. The predicted molar refractivity (Wildman–Crippen MR) is 111 cm³/mol. The van der Waals surface area contributed by atoms with Crippen LogP contribution < -0.4 is 10.1 Å². The van der Waals surface area contributed by atoms with E-state index in [9.17, 15) is 9.18 Å². The van der Waals surface area contributed by atoms with Crippen molar-refractivity contribution in [2.75, 3.05) is 5.32 Å². The molecule has 1 amide bonds. The Kier molecular flexibility index (Phi) is 7.24. The van der Waals surface area contributed by atoms with Crippen molar-refractivity contribution in [3.8, 4) is 5.75 Å². The molecule has 0 fully saturated rings. The van der Waals surface area contributed by atoms with E-state index in [0.717, 1.165) is 9.90 Å². The molecule has 146 valence electrons. The van der Waals surface area contributed by atoms with Crippen LogP contribution in [-0.4, -0.2) is 22.2 Å². The zero-order chi connectivity index (χ0) is 19.9. The fraction of sp³-hybridized carbons (Fsp3) is 0.211. The van der Waals surface area contributed by atoms with Gasteiger partial charge in [0, 0.05) is 10.8 Å². The number of ether oxygens (including phenoxy) is 1. The van der Waals surface area contributed by atoms with Gasteiger partial charge < -0.3 is 4.74 Å². The van der Waals surface area contributed by atoms with Crippen molar-refractivity contribution in [3.05, 3.63) is 64.9 Å². The van der Waals surface area contributed by atoms with Crippen LogP contribution in [0.15, 0.2) is 52.9 Å². The highest BCUT2D eigenvalue weighted by molar-refractivity contribution is 8.00. The Balaban J connectivity index is 1.56. The highest BCUT2D eigenvalue weighted by Gasteiger charge is 2.21. The van der Waals surface area contributed by atoms with Crippen LogP contribution >= 0.6 is 34.7 Å². The highest BCUT2D eigenvalue weighted by atomic mass is 35.5. The van der Waals surface area contributed by atoms with Crippen molar-refractivity contribution in [2.24, 2.45) is 0 Å². The van der Waals surface area contributed by atoms with Gasteiger partial charge >= 0.3 is 0 Å². The molecule has 28 heavy (non-hydrogen) atoms. The van der Waals surface area contributed by atoms with Crippen LogP contribution in [0.25, 0.3) is 0 Å². The summed E-state index contributed by atoms with van der Waals surface area (Å²) in [7, 11) is 0. The molecule has 1 heterocycles. The second-order valence-electron chi connectivity index (χ2n) is 5.72. The van der Waals surface area contributed by atoms with Crippen LogP contribution in [0.2, 0.25) is 5.02 Å². The van der Waals surface area contributed by atoms with Gasteiger partial charge in [0.2, 0.25) is 5.13 Å². The van der Waals surface area contributed by atoms with E-state index < -0.39 is 17.8 Å². The van der Waals surface area contributed by atoms with Crippen LogP contribution in [0.1, 0.15) is 18.9 Å². The Morgan fingerprint density at radius 3 is 2.71 bits per heavy atom. The molecule has 0 aliphatic carbocycles. The number of amides is 1. The number of hydrogen-bond donors (Lipinski definition) is 1. The molecule has 0 aliphatic rings. The molecule has 9 heteroatoms. The number of carbonyl (C=O) groups is 1. The first-order valence-corrected chi connectivity index (χ1v) is 10.7. The van der Waals surface area contributed by atoms with Crippen molar-refractivity contribution < 1.29 is 13.9 Å². The third-order valence-corrected chi connectivity index (χ3v) is 5.98. The standard InChI is InChI=1S/C19H17ClFN3O2S2/c1-2-15(26-16-6-4-3-5-14(16)21)17(25)22-18-23-24-19(28-18)27-11-12-7-9-13(20)10-8-12/h3-10,15H,2,11H2,1H3,(H,22,23,25). The minimum atomic E-state index is -0.828. The van der Waals surface area contributed by atoms with Crippen molar-refractivity contribution in [1.29, 1.82) is 0 Å². The molecule has 1 unspecified atom stereocenters. The molecular formula is C19H17ClFN3O2S2. The molecule has 0 radical (unpaired) electrons. The van der Waals surface area contributed by atoms with E-state index in [-0.39, 0.29) is 5.75 Å². The summed E-state index contributed by atoms with van der Waals surface area (Å²) in [6.07, 6.45) is -0.442. The molecule has 5 nitrogen and oxygen atoms in total. The Bertz CT molecular complexity index is 937. The molecule has 0 bridgehead atoms. The Labute approximate surface area is 175 Å². The third kappa shape index (κ3) is 5.67. The average Bonchev–Trinajstić information content (AvgIpc) is 3.14. The smallest absolute Gasteiger partial charge is 0.267 e. The lowest BCUT2D eigenvalue weighted by Crippen LogP contribution is -2.32. The fourth-order valence-corrected chi connectivity index (χ4v) is 4.08. The van der Waals surface area contributed by atoms with Gasteiger partial charge in [0.1, 0.15) is 0 Å². The average molecular weight is 438 g/mol. The summed E-state index contributed by atoms with van der Waals surface area (Å²) in [5.41, 5.74) is 1.11. The maximum Gasteiger partial charge on any atom is 0.267 e. The van der Waals surface area contributed by atoms with Crippen LogP contribution in [0, 0.1) is 5.82 Å². The number of halogens is 2. The number of thioether (sulfide) groups is 1. The summed E-state index contributed by atoms with van der Waals surface area (Å²) in [5, 5.41) is 11.8. The van der Waals surface area contributed by atoms with Gasteiger partial charge in [-0.3, -0.25) is 10.1 Å². The second kappa shape index (κ2) is 9.86. The largest absolute Gasteiger partial charge is 0.478 e. The van der Waals surface area contributed by atoms with E-state index in [2.05, 4.69) is 15.5 Å². The zero-order valence-corrected chi connectivity index (χ0v) is 17.3. The predicted octanol–water partition coefficient (Wildman–Crippen LogP) is 5.42. The van der Waals surface area contributed by atoms with Crippen LogP contribution in [0.4, 0.5) is 9.52 Å². The number of rotatable bonds is 8. The number of carbonyl (C=O) groups excluding carboxylic acids is 1. The minimum absolute atomic E-state index is 0.0426. The monoisotopic (exact) mass is 437 g/mol. The summed E-state index contributed by atoms with van der Waals surface area (Å²) in [5.74, 6) is -0.143. The SMILES string of the molecule is CCC(Oc1ccccc1F)C(=O)Nc1nnc(SCc2ccc(Cl)cc2)s1. The molecule has 0 saturated carbocycles. The van der Waals surface area contributed by atoms with Crippen molar-refractivity contribution in [1.82, 2.24) is 10.2 Å². The molecule has 3 aromatic rings. The topological polar surface area (TPSA) is 64.1 Å². The third-order valence-electron chi connectivity index (χ3n) is 3.68. The van der Waals surface area contributed by atoms with Crippen molar-refractivity contribution in [3.63, 3.8) is 0 Å². The Hall–Kier alpha value is -2.16. The van der Waals surface area contributed by atoms with E-state index >= 15 is 0 Å². The van der Waals surface area contributed by atoms with E-state index in [1.54, 1.807) is 19.1 Å². The molecule has 0 spiro atoms. The summed E-state index contributed by atoms with van der Waals surface area (Å²) in [6.45, 7) is 1.79. The summed E-state index contributed by atoms with van der Waals surface area (Å²) in [4.78, 5) is 12.4. The number of nitrogens with zero attached hydrogens (tertiary/aromatic N) is 2. The highest BCUT2D eigenvalue weighted by Crippen LogP contribution is 2.29. The maximum absolute atomic E-state index is 13.7. The molecule has 2 aromatic carbocycles. The first kappa shape index (κ1) is 20.6. The van der Waals surface area contributed by atoms with Crippen molar-refractivity contribution in [2.45, 2.75) is 29.5 Å². The molecular weight excluding hydrogens is 421 g/mol. The molecule has 1 aromatic heterocycles. The van der Waals surface area contributed by atoms with Crippen LogP contribution in [-0.2, 0) is 10.5 Å². The first-order chi connectivity index (χ1) is 13.5. The lowest BCUT2D eigenvalue weighted by atomic mass is 10.2. The molecule has 0 aliphatic heterocycles. The van der Waals surface area contributed by atoms with E-state index in [4.69, 9.17) is 16.3 Å². The maximum atomic E-state index is 13.7. The number of benzene rings is 2. The minimum Gasteiger partial charge on any atom is -0.478 e. The van der Waals surface area contributed by atoms with Gasteiger partial charge in [-0.05, 0) is 36.2 Å². The van der Waals surface area contributed by atoms with E-state index in [1.807, 2.05) is 24.3 Å². The molecule has 0 saturated heterocycles. The summed E-state index contributed by atoms with van der Waals surface area (Å²) in [6, 6.07) is 13.6. The van der Waals surface area contributed by atoms with Crippen LogP contribution in [0.5, 0.6) is 5.75 Å². The number of aromatic nitrogens is 2. The second-order valence-corrected chi connectivity index (χ2v) is 8.36. The van der Waals surface area contributed by atoms with E-state index in [1.165, 1.54) is 35.2 Å². The van der Waals surface area contributed by atoms with Gasteiger partial charge in [-0.1, -0.05) is 65.9 Å². The quantitative estimate of drug-likeness (QED) is 0.376. The zero-order valence-electron chi connectivity index (χ0n) is 14.9. The number of anilines is 1. The van der Waals surface area contributed by atoms with Crippen LogP contribution in [0.3, 0.4) is 0 Å². The number of para-hydroxylation sites is 1. The summed E-state index contributed by atoms with van der Waals surface area (Å²) >= 11 is 8.67. The van der Waals surface area contributed by atoms with Gasteiger partial charge in [-0.2, -0.15) is 0 Å². The van der Waals surface area contributed by atoms with Gasteiger partial charge in [0.05, 0.1) is 0 Å². The van der Waals surface area contributed by atoms with Gasteiger partial charge in [0.25, 0.3) is 5.91 Å². The lowest BCUT2D eigenvalue weighted by molar-refractivity contribution is -0.122. The van der Waals surface area contributed by atoms with Gasteiger partial charge in [-0.25, -0.2) is 4.39 Å².